The van der Waals surface area contributed by atoms with Gasteiger partial charge in [-0.05, 0) is 61.7 Å². The molecule has 0 saturated heterocycles. The Morgan fingerprint density at radius 3 is 2.60 bits per heavy atom. The van der Waals surface area contributed by atoms with E-state index >= 15 is 0 Å². The van der Waals surface area contributed by atoms with Crippen molar-refractivity contribution < 1.29 is 14.3 Å². The first-order chi connectivity index (χ1) is 16.9. The van der Waals surface area contributed by atoms with Crippen LogP contribution in [0.3, 0.4) is 0 Å². The molecule has 3 aromatic rings. The van der Waals surface area contributed by atoms with Crippen LogP contribution >= 0.6 is 23.2 Å². The highest BCUT2D eigenvalue weighted by molar-refractivity contribution is 6.35. The van der Waals surface area contributed by atoms with E-state index in [2.05, 4.69) is 22.4 Å². The molecule has 8 heteroatoms. The van der Waals surface area contributed by atoms with E-state index in [1.807, 2.05) is 50.2 Å². The third-order valence-corrected chi connectivity index (χ3v) is 5.57. The van der Waals surface area contributed by atoms with Gasteiger partial charge in [-0.2, -0.15) is 5.10 Å². The van der Waals surface area contributed by atoms with Gasteiger partial charge in [-0.1, -0.05) is 53.5 Å². The number of carbonyl (C=O) groups is 1. The maximum absolute atomic E-state index is 12.2. The summed E-state index contributed by atoms with van der Waals surface area (Å²) in [6.07, 6.45) is 3.88. The van der Waals surface area contributed by atoms with Crippen LogP contribution in [0.4, 0.5) is 10.5 Å². The molecule has 0 aliphatic rings. The van der Waals surface area contributed by atoms with Crippen molar-refractivity contribution in [3.05, 3.63) is 99.6 Å². The van der Waals surface area contributed by atoms with Gasteiger partial charge in [0, 0.05) is 26.9 Å². The zero-order chi connectivity index (χ0) is 25.2. The molecule has 3 rings (SSSR count). The molecule has 0 saturated carbocycles. The molecule has 6 nitrogen and oxygen atoms in total. The Balaban J connectivity index is 1.77. The van der Waals surface area contributed by atoms with E-state index in [1.54, 1.807) is 30.5 Å². The van der Waals surface area contributed by atoms with Crippen molar-refractivity contribution in [1.29, 1.82) is 0 Å². The molecule has 2 amide bonds. The molecule has 3 aromatic carbocycles. The number of allylic oxidation sites excluding steroid dienone is 1. The SMILES string of the molecule is C=CCc1cc(C=NNC(=O)Nc2ccccc2C)cc(OCC)c1OCc1ccc(Cl)cc1Cl. The van der Waals surface area contributed by atoms with Crippen LogP contribution in [-0.4, -0.2) is 18.9 Å². The third kappa shape index (κ3) is 7.50. The van der Waals surface area contributed by atoms with E-state index in [1.165, 1.54) is 0 Å². The Morgan fingerprint density at radius 1 is 1.09 bits per heavy atom. The van der Waals surface area contributed by atoms with Gasteiger partial charge in [0.2, 0.25) is 0 Å². The number of aryl methyl sites for hydroxylation is 1. The Kier molecular flexibility index (Phi) is 9.58. The Morgan fingerprint density at radius 2 is 1.89 bits per heavy atom. The normalized spacial score (nSPS) is 10.7. The molecule has 2 N–H and O–H groups in total. The van der Waals surface area contributed by atoms with Gasteiger partial charge >= 0.3 is 6.03 Å². The quantitative estimate of drug-likeness (QED) is 0.172. The second kappa shape index (κ2) is 12.8. The summed E-state index contributed by atoms with van der Waals surface area (Å²) in [6, 6.07) is 16.0. The molecule has 0 atom stereocenters. The number of anilines is 1. The number of halogens is 2. The lowest BCUT2D eigenvalue weighted by atomic mass is 10.1. The van der Waals surface area contributed by atoms with E-state index in [4.69, 9.17) is 32.7 Å². The molecule has 0 heterocycles. The van der Waals surface area contributed by atoms with Crippen LogP contribution in [0.25, 0.3) is 0 Å². The van der Waals surface area contributed by atoms with Crippen LogP contribution in [0, 0.1) is 6.92 Å². The zero-order valence-corrected chi connectivity index (χ0v) is 21.1. The number of carbonyl (C=O) groups excluding carboxylic acids is 1. The number of hydrazone groups is 1. The number of benzene rings is 3. The predicted octanol–water partition coefficient (Wildman–Crippen LogP) is 7.16. The molecule has 0 aromatic heterocycles. The summed E-state index contributed by atoms with van der Waals surface area (Å²) in [5.41, 5.74) is 6.56. The van der Waals surface area contributed by atoms with E-state index in [9.17, 15) is 4.79 Å². The second-order valence-electron chi connectivity index (χ2n) is 7.60. The fourth-order valence-corrected chi connectivity index (χ4v) is 3.77. The monoisotopic (exact) mass is 511 g/mol. The van der Waals surface area contributed by atoms with Gasteiger partial charge in [0.25, 0.3) is 0 Å². The minimum absolute atomic E-state index is 0.244. The van der Waals surface area contributed by atoms with E-state index in [0.717, 1.165) is 27.9 Å². The van der Waals surface area contributed by atoms with E-state index in [-0.39, 0.29) is 6.61 Å². The molecule has 0 fully saturated rings. The van der Waals surface area contributed by atoms with Gasteiger partial charge in [0.05, 0.1) is 12.8 Å². The number of rotatable bonds is 10. The van der Waals surface area contributed by atoms with Crippen LogP contribution in [0.15, 0.2) is 72.4 Å². The lowest BCUT2D eigenvalue weighted by Gasteiger charge is -2.17. The second-order valence-corrected chi connectivity index (χ2v) is 8.44. The maximum atomic E-state index is 12.2. The van der Waals surface area contributed by atoms with Gasteiger partial charge < -0.3 is 14.8 Å². The summed E-state index contributed by atoms with van der Waals surface area (Å²) >= 11 is 12.3. The number of para-hydroxylation sites is 1. The summed E-state index contributed by atoms with van der Waals surface area (Å²) in [7, 11) is 0. The van der Waals surface area contributed by atoms with Gasteiger partial charge in [-0.15, -0.1) is 6.58 Å². The average molecular weight is 512 g/mol. The highest BCUT2D eigenvalue weighted by atomic mass is 35.5. The Bertz CT molecular complexity index is 1230. The summed E-state index contributed by atoms with van der Waals surface area (Å²) in [6.45, 7) is 8.35. The van der Waals surface area contributed by atoms with Crippen molar-refractivity contribution in [2.24, 2.45) is 5.10 Å². The molecule has 0 radical (unpaired) electrons. The minimum Gasteiger partial charge on any atom is -0.490 e. The van der Waals surface area contributed by atoms with Gasteiger partial charge in [0.1, 0.15) is 6.61 Å². The number of ether oxygens (including phenoxy) is 2. The molecule has 182 valence electrons. The van der Waals surface area contributed by atoms with Crippen LogP contribution in [0.5, 0.6) is 11.5 Å². The van der Waals surface area contributed by atoms with Crippen molar-refractivity contribution in [2.45, 2.75) is 26.9 Å². The number of nitrogens with zero attached hydrogens (tertiary/aromatic N) is 1. The van der Waals surface area contributed by atoms with Crippen LogP contribution in [-0.2, 0) is 13.0 Å². The van der Waals surface area contributed by atoms with E-state index in [0.29, 0.717) is 34.6 Å². The first-order valence-corrected chi connectivity index (χ1v) is 11.8. The molecule has 0 spiro atoms. The first kappa shape index (κ1) is 26.1. The molecule has 0 unspecified atom stereocenters. The molecule has 0 bridgehead atoms. The topological polar surface area (TPSA) is 72.0 Å². The summed E-state index contributed by atoms with van der Waals surface area (Å²) in [5.74, 6) is 1.16. The van der Waals surface area contributed by atoms with E-state index < -0.39 is 6.03 Å². The third-order valence-electron chi connectivity index (χ3n) is 4.98. The van der Waals surface area contributed by atoms with Crippen LogP contribution in [0.2, 0.25) is 10.0 Å². The zero-order valence-electron chi connectivity index (χ0n) is 19.6. The molecule has 35 heavy (non-hydrogen) atoms. The minimum atomic E-state index is -0.438. The number of hydrogen-bond acceptors (Lipinski definition) is 4. The van der Waals surface area contributed by atoms with Gasteiger partial charge in [-0.3, -0.25) is 0 Å². The predicted molar refractivity (Wildman–Crippen MR) is 143 cm³/mol. The fourth-order valence-electron chi connectivity index (χ4n) is 3.31. The van der Waals surface area contributed by atoms with Crippen molar-refractivity contribution >= 4 is 41.1 Å². The molecule has 0 aliphatic carbocycles. The Labute approximate surface area is 215 Å². The van der Waals surface area contributed by atoms with Crippen LogP contribution in [0.1, 0.15) is 29.2 Å². The number of amides is 2. The molecule has 0 aliphatic heterocycles. The summed E-state index contributed by atoms with van der Waals surface area (Å²) in [4.78, 5) is 12.2. The average Bonchev–Trinajstić information content (AvgIpc) is 2.81. The van der Waals surface area contributed by atoms with Crippen molar-refractivity contribution in [3.63, 3.8) is 0 Å². The fraction of sp³-hybridized carbons (Fsp3) is 0.185. The summed E-state index contributed by atoms with van der Waals surface area (Å²) < 4.78 is 12.0. The molecular weight excluding hydrogens is 485 g/mol. The van der Waals surface area contributed by atoms with Crippen LogP contribution < -0.4 is 20.2 Å². The van der Waals surface area contributed by atoms with Gasteiger partial charge in [-0.25, -0.2) is 10.2 Å². The van der Waals surface area contributed by atoms with Crippen molar-refractivity contribution in [2.75, 3.05) is 11.9 Å². The van der Waals surface area contributed by atoms with Crippen molar-refractivity contribution in [1.82, 2.24) is 5.43 Å². The number of hydrogen-bond donors (Lipinski definition) is 2. The highest BCUT2D eigenvalue weighted by Crippen LogP contribution is 2.35. The highest BCUT2D eigenvalue weighted by Gasteiger charge is 2.14. The first-order valence-electron chi connectivity index (χ1n) is 11.0. The van der Waals surface area contributed by atoms with Crippen molar-refractivity contribution in [3.8, 4) is 11.5 Å². The summed E-state index contributed by atoms with van der Waals surface area (Å²) in [5, 5.41) is 7.93. The molecular formula is C27H27Cl2N3O3. The standard InChI is InChI=1S/C27H27Cl2N3O3/c1-4-8-20-13-19(16-30-32-27(33)31-24-10-7-6-9-18(24)3)14-25(34-5-2)26(20)35-17-21-11-12-22(28)15-23(21)29/h4,6-7,9-16H,1,5,8,17H2,2-3H3,(H2,31,32,33). The van der Waals surface area contributed by atoms with Gasteiger partial charge in [0.15, 0.2) is 11.5 Å². The largest absolute Gasteiger partial charge is 0.490 e. The Hall–Kier alpha value is -3.48. The number of nitrogens with one attached hydrogen (secondary N) is 2. The lowest BCUT2D eigenvalue weighted by Crippen LogP contribution is -2.24. The maximum Gasteiger partial charge on any atom is 0.339 e. The lowest BCUT2D eigenvalue weighted by molar-refractivity contribution is 0.252. The number of urea groups is 1. The smallest absolute Gasteiger partial charge is 0.339 e.